The molecule has 0 aromatic heterocycles. The topological polar surface area (TPSA) is 58.6 Å². The van der Waals surface area contributed by atoms with Gasteiger partial charge >= 0.3 is 0 Å². The van der Waals surface area contributed by atoms with Crippen LogP contribution in [0.25, 0.3) is 0 Å². The largest absolute Gasteiger partial charge is 0.484 e. The normalized spacial score (nSPS) is 12.2. The van der Waals surface area contributed by atoms with Gasteiger partial charge in [0.2, 0.25) is 5.91 Å². The zero-order valence-corrected chi connectivity index (χ0v) is 21.0. The van der Waals surface area contributed by atoms with Gasteiger partial charge in [0.05, 0.1) is 0 Å². The van der Waals surface area contributed by atoms with Gasteiger partial charge in [-0.15, -0.1) is 0 Å². The van der Waals surface area contributed by atoms with Crippen molar-refractivity contribution in [2.75, 3.05) is 6.61 Å². The number of nitrogens with one attached hydrogen (secondary N) is 1. The Bertz CT molecular complexity index is 910. The number of aryl methyl sites for hydroxylation is 1. The molecule has 31 heavy (non-hydrogen) atoms. The maximum Gasteiger partial charge on any atom is 0.261 e. The van der Waals surface area contributed by atoms with Crippen molar-refractivity contribution < 1.29 is 14.3 Å². The smallest absolute Gasteiger partial charge is 0.261 e. The highest BCUT2D eigenvalue weighted by Crippen LogP contribution is 2.22. The second-order valence-electron chi connectivity index (χ2n) is 8.51. The SMILES string of the molecule is CCC(C(=O)NC(C)(C)C)N(Cc1ccc(Cl)cc1)C(=O)COc1ccc(Br)c(C)c1. The van der Waals surface area contributed by atoms with Crippen LogP contribution in [0.15, 0.2) is 46.9 Å². The highest BCUT2D eigenvalue weighted by Gasteiger charge is 2.30. The standard InChI is InChI=1S/C24H30BrClN2O3/c1-6-21(23(30)27-24(3,4)5)28(14-17-7-9-18(26)10-8-17)22(29)15-31-19-11-12-20(25)16(2)13-19/h7-13,21H,6,14-15H2,1-5H3,(H,27,30). The first-order chi connectivity index (χ1) is 14.5. The number of hydrogen-bond donors (Lipinski definition) is 1. The predicted octanol–water partition coefficient (Wildman–Crippen LogP) is 5.51. The first-order valence-electron chi connectivity index (χ1n) is 10.2. The maximum absolute atomic E-state index is 13.2. The summed E-state index contributed by atoms with van der Waals surface area (Å²) in [6.07, 6.45) is 0.485. The molecule has 2 amide bonds. The second kappa shape index (κ2) is 11.0. The lowest BCUT2D eigenvalue weighted by molar-refractivity contribution is -0.143. The third-order valence-corrected chi connectivity index (χ3v) is 5.78. The van der Waals surface area contributed by atoms with Gasteiger partial charge in [0, 0.05) is 21.6 Å². The van der Waals surface area contributed by atoms with Crippen molar-refractivity contribution in [2.24, 2.45) is 0 Å². The monoisotopic (exact) mass is 508 g/mol. The van der Waals surface area contributed by atoms with Crippen LogP contribution in [0.3, 0.4) is 0 Å². The Morgan fingerprint density at radius 1 is 1.16 bits per heavy atom. The van der Waals surface area contributed by atoms with E-state index in [1.807, 2.05) is 58.9 Å². The number of nitrogens with zero attached hydrogens (tertiary/aromatic N) is 1. The molecular formula is C24H30BrClN2O3. The summed E-state index contributed by atoms with van der Waals surface area (Å²) in [6, 6.07) is 12.2. The summed E-state index contributed by atoms with van der Waals surface area (Å²) in [5.41, 5.74) is 1.50. The summed E-state index contributed by atoms with van der Waals surface area (Å²) in [7, 11) is 0. The Balaban J connectivity index is 2.23. The fourth-order valence-corrected chi connectivity index (χ4v) is 3.47. The summed E-state index contributed by atoms with van der Waals surface area (Å²) in [4.78, 5) is 27.7. The van der Waals surface area contributed by atoms with E-state index in [1.165, 1.54) is 0 Å². The quantitative estimate of drug-likeness (QED) is 0.510. The second-order valence-corrected chi connectivity index (χ2v) is 9.80. The van der Waals surface area contributed by atoms with Crippen molar-refractivity contribution in [1.82, 2.24) is 10.2 Å². The third kappa shape index (κ3) is 7.86. The molecule has 0 heterocycles. The Morgan fingerprint density at radius 3 is 2.35 bits per heavy atom. The number of benzene rings is 2. The van der Waals surface area contributed by atoms with E-state index in [2.05, 4.69) is 21.2 Å². The summed E-state index contributed by atoms with van der Waals surface area (Å²) >= 11 is 9.46. The zero-order chi connectivity index (χ0) is 23.2. The first-order valence-corrected chi connectivity index (χ1v) is 11.4. The van der Waals surface area contributed by atoms with Crippen LogP contribution >= 0.6 is 27.5 Å². The Hall–Kier alpha value is -2.05. The van der Waals surface area contributed by atoms with E-state index in [1.54, 1.807) is 23.1 Å². The van der Waals surface area contributed by atoms with E-state index in [4.69, 9.17) is 16.3 Å². The number of carbonyl (C=O) groups is 2. The van der Waals surface area contributed by atoms with E-state index in [9.17, 15) is 9.59 Å². The molecule has 0 spiro atoms. The van der Waals surface area contributed by atoms with Crippen LogP contribution in [-0.4, -0.2) is 34.9 Å². The van der Waals surface area contributed by atoms with E-state index in [-0.39, 0.29) is 25.0 Å². The average molecular weight is 510 g/mol. The summed E-state index contributed by atoms with van der Waals surface area (Å²) in [5.74, 6) is 0.163. The molecule has 0 radical (unpaired) electrons. The van der Waals surface area contributed by atoms with Gasteiger partial charge in [-0.25, -0.2) is 0 Å². The fourth-order valence-electron chi connectivity index (χ4n) is 3.09. The molecule has 0 saturated heterocycles. The van der Waals surface area contributed by atoms with Crippen LogP contribution in [0.4, 0.5) is 0 Å². The van der Waals surface area contributed by atoms with Gasteiger partial charge in [0.1, 0.15) is 11.8 Å². The van der Waals surface area contributed by atoms with Crippen LogP contribution in [0, 0.1) is 6.92 Å². The summed E-state index contributed by atoms with van der Waals surface area (Å²) < 4.78 is 6.72. The molecule has 5 nitrogen and oxygen atoms in total. The minimum atomic E-state index is -0.613. The van der Waals surface area contributed by atoms with E-state index >= 15 is 0 Å². The lowest BCUT2D eigenvalue weighted by atomic mass is 10.1. The van der Waals surface area contributed by atoms with Gasteiger partial charge < -0.3 is 15.0 Å². The average Bonchev–Trinajstić information content (AvgIpc) is 2.68. The number of hydrogen-bond acceptors (Lipinski definition) is 3. The first kappa shape index (κ1) is 25.2. The Morgan fingerprint density at radius 2 is 1.81 bits per heavy atom. The van der Waals surface area contributed by atoms with Crippen molar-refractivity contribution in [1.29, 1.82) is 0 Å². The van der Waals surface area contributed by atoms with Crippen molar-refractivity contribution in [3.05, 3.63) is 63.1 Å². The molecule has 7 heteroatoms. The molecule has 0 saturated carbocycles. The molecule has 1 unspecified atom stereocenters. The third-order valence-electron chi connectivity index (χ3n) is 4.64. The van der Waals surface area contributed by atoms with Gasteiger partial charge in [-0.2, -0.15) is 0 Å². The minimum Gasteiger partial charge on any atom is -0.484 e. The van der Waals surface area contributed by atoms with Crippen LogP contribution in [0.2, 0.25) is 5.02 Å². The molecule has 1 N–H and O–H groups in total. The van der Waals surface area contributed by atoms with Gasteiger partial charge in [0.15, 0.2) is 6.61 Å². The number of ether oxygens (including phenoxy) is 1. The van der Waals surface area contributed by atoms with Gasteiger partial charge in [0.25, 0.3) is 5.91 Å². The van der Waals surface area contributed by atoms with Crippen molar-refractivity contribution in [3.63, 3.8) is 0 Å². The number of halogens is 2. The fraction of sp³-hybridized carbons (Fsp3) is 0.417. The number of carbonyl (C=O) groups excluding carboxylic acids is 2. The highest BCUT2D eigenvalue weighted by molar-refractivity contribution is 9.10. The Labute approximate surface area is 198 Å². The number of amides is 2. The van der Waals surface area contributed by atoms with Crippen LogP contribution in [0.1, 0.15) is 45.2 Å². The number of rotatable bonds is 8. The lowest BCUT2D eigenvalue weighted by Crippen LogP contribution is -2.54. The van der Waals surface area contributed by atoms with Crippen LogP contribution < -0.4 is 10.1 Å². The molecule has 168 valence electrons. The Kier molecular flexibility index (Phi) is 8.95. The van der Waals surface area contributed by atoms with Crippen LogP contribution in [0.5, 0.6) is 5.75 Å². The van der Waals surface area contributed by atoms with Gasteiger partial charge in [-0.3, -0.25) is 9.59 Å². The molecule has 0 fully saturated rings. The molecule has 0 aliphatic heterocycles. The van der Waals surface area contributed by atoms with Crippen LogP contribution in [-0.2, 0) is 16.1 Å². The molecule has 1 atom stereocenters. The lowest BCUT2D eigenvalue weighted by Gasteiger charge is -2.33. The predicted molar refractivity (Wildman–Crippen MR) is 128 cm³/mol. The molecular weight excluding hydrogens is 480 g/mol. The summed E-state index contributed by atoms with van der Waals surface area (Å²) in [6.45, 7) is 9.73. The summed E-state index contributed by atoms with van der Waals surface area (Å²) in [5, 5.41) is 3.61. The zero-order valence-electron chi connectivity index (χ0n) is 18.7. The maximum atomic E-state index is 13.2. The minimum absolute atomic E-state index is 0.159. The van der Waals surface area contributed by atoms with Gasteiger partial charge in [-0.05, 0) is 75.6 Å². The van der Waals surface area contributed by atoms with Crippen molar-refractivity contribution >= 4 is 39.3 Å². The van der Waals surface area contributed by atoms with E-state index in [0.29, 0.717) is 17.2 Å². The van der Waals surface area contributed by atoms with E-state index < -0.39 is 11.6 Å². The molecule has 0 aliphatic carbocycles. The van der Waals surface area contributed by atoms with Crippen molar-refractivity contribution in [2.45, 2.75) is 59.2 Å². The van der Waals surface area contributed by atoms with E-state index in [0.717, 1.165) is 15.6 Å². The van der Waals surface area contributed by atoms with Gasteiger partial charge in [-0.1, -0.05) is 46.6 Å². The molecule has 0 aliphatic rings. The molecule has 0 bridgehead atoms. The highest BCUT2D eigenvalue weighted by atomic mass is 79.9. The van der Waals surface area contributed by atoms with Crippen molar-refractivity contribution in [3.8, 4) is 5.75 Å². The molecule has 2 aromatic carbocycles. The molecule has 2 aromatic rings. The molecule has 2 rings (SSSR count).